The average Bonchev–Trinajstić information content (AvgIpc) is 2.51. The van der Waals surface area contributed by atoms with E-state index in [0.29, 0.717) is 21.3 Å². The highest BCUT2D eigenvalue weighted by Crippen LogP contribution is 2.29. The van der Waals surface area contributed by atoms with Gasteiger partial charge in [-0.1, -0.05) is 59.1 Å². The molecule has 0 aromatic heterocycles. The number of ketones is 1. The Morgan fingerprint density at radius 1 is 1.00 bits per heavy atom. The second kappa shape index (κ2) is 7.99. The van der Waals surface area contributed by atoms with Crippen LogP contribution in [0.3, 0.4) is 0 Å². The third kappa shape index (κ3) is 4.98. The lowest BCUT2D eigenvalue weighted by molar-refractivity contribution is 0.0984. The van der Waals surface area contributed by atoms with Gasteiger partial charge in [-0.05, 0) is 19.1 Å². The average molecular weight is 351 g/mol. The van der Waals surface area contributed by atoms with Gasteiger partial charge in [0.1, 0.15) is 0 Å². The van der Waals surface area contributed by atoms with Crippen molar-refractivity contribution in [2.75, 3.05) is 11.9 Å². The molecule has 0 fully saturated rings. The molecule has 0 spiro atoms. The first-order chi connectivity index (χ1) is 11.0. The number of rotatable bonds is 5. The van der Waals surface area contributed by atoms with E-state index < -0.39 is 6.03 Å². The van der Waals surface area contributed by atoms with E-state index in [1.54, 1.807) is 30.3 Å². The third-order valence-electron chi connectivity index (χ3n) is 3.21. The van der Waals surface area contributed by atoms with Crippen molar-refractivity contribution in [2.45, 2.75) is 13.3 Å². The van der Waals surface area contributed by atoms with Gasteiger partial charge in [-0.3, -0.25) is 4.79 Å². The van der Waals surface area contributed by atoms with Gasteiger partial charge in [-0.15, -0.1) is 0 Å². The molecule has 0 aliphatic carbocycles. The predicted octanol–water partition coefficient (Wildman–Crippen LogP) is 4.70. The number of benzene rings is 2. The molecule has 120 valence electrons. The van der Waals surface area contributed by atoms with Crippen molar-refractivity contribution in [3.05, 3.63) is 63.6 Å². The van der Waals surface area contributed by atoms with Gasteiger partial charge in [0.2, 0.25) is 0 Å². The van der Waals surface area contributed by atoms with Crippen molar-refractivity contribution >= 4 is 40.7 Å². The Bertz CT molecular complexity index is 695. The number of urea groups is 1. The summed E-state index contributed by atoms with van der Waals surface area (Å²) < 4.78 is 0. The molecule has 2 N–H and O–H groups in total. The third-order valence-corrected chi connectivity index (χ3v) is 3.84. The molecule has 23 heavy (non-hydrogen) atoms. The smallest absolute Gasteiger partial charge is 0.319 e. The van der Waals surface area contributed by atoms with Crippen LogP contribution in [0.15, 0.2) is 42.5 Å². The fraction of sp³-hybridized carbons (Fsp3) is 0.176. The van der Waals surface area contributed by atoms with E-state index in [2.05, 4.69) is 10.6 Å². The summed E-state index contributed by atoms with van der Waals surface area (Å²) in [6.07, 6.45) is 0.215. The van der Waals surface area contributed by atoms with Crippen LogP contribution in [0.2, 0.25) is 10.0 Å². The standard InChI is InChI=1S/C17H16Cl2N2O2/c1-11-5-7-12(8-6-11)15(22)9-10-20-17(23)21-16-13(18)3-2-4-14(16)19/h2-8H,9-10H2,1H3,(H2,20,21,23). The van der Waals surface area contributed by atoms with Crippen molar-refractivity contribution in [3.8, 4) is 0 Å². The predicted molar refractivity (Wildman–Crippen MR) is 93.6 cm³/mol. The molecule has 0 radical (unpaired) electrons. The zero-order valence-corrected chi connectivity index (χ0v) is 14.0. The molecule has 4 nitrogen and oxygen atoms in total. The van der Waals surface area contributed by atoms with E-state index in [1.165, 1.54) is 0 Å². The molecule has 2 amide bonds. The molecule has 0 bridgehead atoms. The number of carbonyl (C=O) groups excluding carboxylic acids is 2. The summed E-state index contributed by atoms with van der Waals surface area (Å²) in [6.45, 7) is 2.18. The van der Waals surface area contributed by atoms with Gasteiger partial charge in [0, 0.05) is 18.5 Å². The molecular formula is C17H16Cl2N2O2. The molecule has 0 aliphatic rings. The Hall–Kier alpha value is -2.04. The monoisotopic (exact) mass is 350 g/mol. The fourth-order valence-corrected chi connectivity index (χ4v) is 2.44. The SMILES string of the molecule is Cc1ccc(C(=O)CCNC(=O)Nc2c(Cl)cccc2Cl)cc1. The lowest BCUT2D eigenvalue weighted by atomic mass is 10.1. The molecule has 2 aromatic rings. The number of nitrogens with one attached hydrogen (secondary N) is 2. The molecule has 6 heteroatoms. The van der Waals surface area contributed by atoms with Gasteiger partial charge in [-0.25, -0.2) is 4.79 Å². The first-order valence-electron chi connectivity index (χ1n) is 7.06. The van der Waals surface area contributed by atoms with Gasteiger partial charge in [0.05, 0.1) is 15.7 Å². The first-order valence-corrected chi connectivity index (χ1v) is 7.81. The normalized spacial score (nSPS) is 10.2. The van der Waals surface area contributed by atoms with Gasteiger partial charge in [-0.2, -0.15) is 0 Å². The summed E-state index contributed by atoms with van der Waals surface area (Å²) in [5.74, 6) is -0.0268. The number of hydrogen-bond acceptors (Lipinski definition) is 2. The minimum Gasteiger partial charge on any atom is -0.337 e. The van der Waals surface area contributed by atoms with Gasteiger partial charge >= 0.3 is 6.03 Å². The van der Waals surface area contributed by atoms with Crippen LogP contribution in [-0.2, 0) is 0 Å². The van der Waals surface area contributed by atoms with E-state index >= 15 is 0 Å². The summed E-state index contributed by atoms with van der Waals surface area (Å²) in [4.78, 5) is 23.8. The van der Waals surface area contributed by atoms with Crippen LogP contribution in [0.5, 0.6) is 0 Å². The number of amides is 2. The Balaban J connectivity index is 1.83. The van der Waals surface area contributed by atoms with Crippen LogP contribution in [0, 0.1) is 6.92 Å². The van der Waals surface area contributed by atoms with Crippen LogP contribution in [0.4, 0.5) is 10.5 Å². The largest absolute Gasteiger partial charge is 0.337 e. The molecule has 0 atom stereocenters. The number of carbonyl (C=O) groups is 2. The topological polar surface area (TPSA) is 58.2 Å². The minimum atomic E-state index is -0.461. The molecule has 0 saturated heterocycles. The Labute approximate surface area is 144 Å². The zero-order chi connectivity index (χ0) is 16.8. The molecule has 2 rings (SSSR count). The van der Waals surface area contributed by atoms with E-state index in [9.17, 15) is 9.59 Å². The highest BCUT2D eigenvalue weighted by molar-refractivity contribution is 6.39. The number of para-hydroxylation sites is 1. The van der Waals surface area contributed by atoms with Crippen molar-refractivity contribution in [3.63, 3.8) is 0 Å². The van der Waals surface area contributed by atoms with E-state index in [4.69, 9.17) is 23.2 Å². The number of anilines is 1. The summed E-state index contributed by atoms with van der Waals surface area (Å²) in [6, 6.07) is 11.8. The van der Waals surface area contributed by atoms with Crippen LogP contribution in [-0.4, -0.2) is 18.4 Å². The number of halogens is 2. The highest BCUT2D eigenvalue weighted by atomic mass is 35.5. The molecular weight excluding hydrogens is 335 g/mol. The number of aryl methyl sites for hydroxylation is 1. The molecule has 0 aliphatic heterocycles. The molecule has 2 aromatic carbocycles. The van der Waals surface area contributed by atoms with Crippen LogP contribution in [0.1, 0.15) is 22.3 Å². The number of hydrogen-bond donors (Lipinski definition) is 2. The summed E-state index contributed by atoms with van der Waals surface area (Å²) in [5.41, 5.74) is 2.07. The minimum absolute atomic E-state index is 0.0268. The Kier molecular flexibility index (Phi) is 6.02. The summed E-state index contributed by atoms with van der Waals surface area (Å²) in [5, 5.41) is 5.88. The van der Waals surface area contributed by atoms with Crippen LogP contribution in [0.25, 0.3) is 0 Å². The summed E-state index contributed by atoms with van der Waals surface area (Å²) >= 11 is 11.9. The first kappa shape index (κ1) is 17.3. The Morgan fingerprint density at radius 3 is 2.22 bits per heavy atom. The van der Waals surface area contributed by atoms with E-state index in [1.807, 2.05) is 19.1 Å². The van der Waals surface area contributed by atoms with Gasteiger partial charge in [0.25, 0.3) is 0 Å². The van der Waals surface area contributed by atoms with Crippen LogP contribution < -0.4 is 10.6 Å². The van der Waals surface area contributed by atoms with E-state index in [-0.39, 0.29) is 18.7 Å². The molecule has 0 unspecified atom stereocenters. The zero-order valence-electron chi connectivity index (χ0n) is 12.5. The van der Waals surface area contributed by atoms with Crippen molar-refractivity contribution in [1.82, 2.24) is 5.32 Å². The molecule has 0 saturated carbocycles. The van der Waals surface area contributed by atoms with E-state index in [0.717, 1.165) is 5.56 Å². The maximum atomic E-state index is 12.0. The van der Waals surface area contributed by atoms with Gasteiger partial charge in [0.15, 0.2) is 5.78 Å². The fourth-order valence-electron chi connectivity index (χ4n) is 1.95. The Morgan fingerprint density at radius 2 is 1.61 bits per heavy atom. The summed E-state index contributed by atoms with van der Waals surface area (Å²) in [7, 11) is 0. The van der Waals surface area contributed by atoms with Crippen molar-refractivity contribution in [1.29, 1.82) is 0 Å². The maximum Gasteiger partial charge on any atom is 0.319 e. The highest BCUT2D eigenvalue weighted by Gasteiger charge is 2.10. The lowest BCUT2D eigenvalue weighted by Gasteiger charge is -2.10. The molecule has 0 heterocycles. The quantitative estimate of drug-likeness (QED) is 0.768. The number of Topliss-reactive ketones (excluding diaryl/α,β-unsaturated/α-hetero) is 1. The van der Waals surface area contributed by atoms with Crippen molar-refractivity contribution < 1.29 is 9.59 Å². The van der Waals surface area contributed by atoms with Gasteiger partial charge < -0.3 is 10.6 Å². The second-order valence-corrected chi connectivity index (χ2v) is 5.83. The second-order valence-electron chi connectivity index (χ2n) is 5.02. The lowest BCUT2D eigenvalue weighted by Crippen LogP contribution is -2.30. The van der Waals surface area contributed by atoms with Crippen LogP contribution >= 0.6 is 23.2 Å². The maximum absolute atomic E-state index is 12.0. The van der Waals surface area contributed by atoms with Crippen molar-refractivity contribution in [2.24, 2.45) is 0 Å².